The number of allylic oxidation sites excluding steroid dienone is 4. The molecule has 0 aliphatic heterocycles. The van der Waals surface area contributed by atoms with E-state index < -0.39 is 35.0 Å². The number of thioether (sulfide) groups is 1. The molecular formula is C31H48ClN3O4S. The summed E-state index contributed by atoms with van der Waals surface area (Å²) in [6, 6.07) is -0.703. The summed E-state index contributed by atoms with van der Waals surface area (Å²) in [7, 11) is 0. The molecule has 0 heterocycles. The van der Waals surface area contributed by atoms with E-state index in [-0.39, 0.29) is 17.4 Å². The molecule has 4 N–H and O–H groups in total. The number of rotatable bonds is 10. The Morgan fingerprint density at radius 1 is 1.15 bits per heavy atom. The number of alkyl halides is 1. The molecule has 1 fully saturated rings. The molecule has 4 aliphatic rings. The van der Waals surface area contributed by atoms with E-state index in [0.29, 0.717) is 18.8 Å². The molecule has 1 saturated carbocycles. The number of nitrogens with zero attached hydrogens (tertiary/aromatic N) is 1. The summed E-state index contributed by atoms with van der Waals surface area (Å²) in [6.45, 7) is 6.07. The molecule has 0 saturated heterocycles. The quantitative estimate of drug-likeness (QED) is 0.105. The Labute approximate surface area is 249 Å². The smallest absolute Gasteiger partial charge is 0.225 e. The summed E-state index contributed by atoms with van der Waals surface area (Å²) in [5.74, 6) is 0.449. The van der Waals surface area contributed by atoms with Crippen molar-refractivity contribution in [2.45, 2.75) is 126 Å². The number of carbonyl (C=O) groups excluding carboxylic acids is 1. The second-order valence-electron chi connectivity index (χ2n) is 13.2. The van der Waals surface area contributed by atoms with Crippen molar-refractivity contribution in [3.8, 4) is 0 Å². The molecule has 0 radical (unpaired) electrons. The van der Waals surface area contributed by atoms with Crippen LogP contribution in [0, 0.1) is 28.6 Å². The molecule has 1 amide bonds. The van der Waals surface area contributed by atoms with Crippen molar-refractivity contribution in [3.63, 3.8) is 0 Å². The van der Waals surface area contributed by atoms with Crippen LogP contribution < -0.4 is 10.6 Å². The molecular weight excluding hydrogens is 546 g/mol. The van der Waals surface area contributed by atoms with Crippen LogP contribution in [0.15, 0.2) is 40.0 Å². The number of amides is 1. The van der Waals surface area contributed by atoms with Gasteiger partial charge in [-0.25, -0.2) is 0 Å². The van der Waals surface area contributed by atoms with Gasteiger partial charge in [0.05, 0.1) is 17.4 Å². The minimum Gasteiger partial charge on any atom is -0.387 e. The fourth-order valence-electron chi connectivity index (χ4n) is 6.83. The van der Waals surface area contributed by atoms with E-state index in [9.17, 15) is 19.9 Å². The van der Waals surface area contributed by atoms with Crippen molar-refractivity contribution in [2.75, 3.05) is 0 Å². The van der Waals surface area contributed by atoms with E-state index in [1.54, 1.807) is 23.9 Å². The first-order valence-corrected chi connectivity index (χ1v) is 16.5. The monoisotopic (exact) mass is 593 g/mol. The first kappa shape index (κ1) is 31.7. The maximum Gasteiger partial charge on any atom is 0.225 e. The molecule has 9 heteroatoms. The zero-order valence-corrected chi connectivity index (χ0v) is 25.8. The van der Waals surface area contributed by atoms with Gasteiger partial charge in [0.1, 0.15) is 17.6 Å². The maximum absolute atomic E-state index is 13.5. The van der Waals surface area contributed by atoms with Crippen molar-refractivity contribution in [1.82, 2.24) is 10.6 Å². The Balaban J connectivity index is 1.53. The highest BCUT2D eigenvalue weighted by Crippen LogP contribution is 2.45. The van der Waals surface area contributed by atoms with E-state index in [0.717, 1.165) is 43.6 Å². The predicted octanol–water partition coefficient (Wildman–Crippen LogP) is 6.15. The lowest BCUT2D eigenvalue weighted by Crippen LogP contribution is -2.49. The molecule has 40 heavy (non-hydrogen) atoms. The average Bonchev–Trinajstić information content (AvgIpc) is 2.92. The number of nitrogens with one attached hydrogen (secondary N) is 2. The molecule has 0 spiro atoms. The number of carbonyl (C=O) groups is 1. The molecule has 0 aromatic heterocycles. The summed E-state index contributed by atoms with van der Waals surface area (Å²) in [4.78, 5) is 27.2. The third kappa shape index (κ3) is 8.43. The second kappa shape index (κ2) is 14.3. The van der Waals surface area contributed by atoms with Gasteiger partial charge in [0.2, 0.25) is 5.91 Å². The first-order chi connectivity index (χ1) is 19.1. The molecule has 0 aromatic carbocycles. The van der Waals surface area contributed by atoms with Gasteiger partial charge in [0.15, 0.2) is 0 Å². The fraction of sp³-hybridized carbons (Fsp3) is 0.774. The second-order valence-corrected chi connectivity index (χ2v) is 15.0. The predicted molar refractivity (Wildman–Crippen MR) is 164 cm³/mol. The molecule has 9 atom stereocenters. The van der Waals surface area contributed by atoms with Crippen molar-refractivity contribution < 1.29 is 15.0 Å². The average molecular weight is 594 g/mol. The van der Waals surface area contributed by atoms with Gasteiger partial charge < -0.3 is 15.5 Å². The minimum atomic E-state index is -0.883. The summed E-state index contributed by atoms with van der Waals surface area (Å²) < 4.78 is 0. The standard InChI is InChI=1S/C31H48ClN3O4S/c1-31(2,3)34-29(38)23-12-7-6-11-21(23)18-25(35-39)30(33-28(37)24-13-8-14-26(36)27(24)32)40-22-16-15-19-9-4-5-10-20(19)17-22/h8,11,14,16,19-20,23-27,29-30,34,36,38H,4-7,9-10,12-13,15,17-18H2,1-3H3,(H,33,37)/t19?,20?,23?,24?,25-,26?,27?,29?,30+/m1/s1. The van der Waals surface area contributed by atoms with E-state index in [1.807, 2.05) is 20.8 Å². The van der Waals surface area contributed by atoms with Crippen LogP contribution in [0.25, 0.3) is 0 Å². The molecule has 4 aliphatic carbocycles. The maximum atomic E-state index is 13.5. The Morgan fingerprint density at radius 2 is 1.90 bits per heavy atom. The van der Waals surface area contributed by atoms with Gasteiger partial charge in [-0.1, -0.05) is 47.9 Å². The van der Waals surface area contributed by atoms with Crippen molar-refractivity contribution in [1.29, 1.82) is 0 Å². The lowest BCUT2D eigenvalue weighted by Gasteiger charge is -2.37. The Morgan fingerprint density at radius 3 is 2.62 bits per heavy atom. The van der Waals surface area contributed by atoms with Gasteiger partial charge in [-0.3, -0.25) is 10.1 Å². The van der Waals surface area contributed by atoms with Gasteiger partial charge in [-0.15, -0.1) is 23.4 Å². The van der Waals surface area contributed by atoms with Crippen LogP contribution in [0.5, 0.6) is 0 Å². The number of aliphatic hydroxyl groups excluding tert-OH is 2. The number of hydrogen-bond acceptors (Lipinski definition) is 7. The van der Waals surface area contributed by atoms with E-state index >= 15 is 0 Å². The van der Waals surface area contributed by atoms with Crippen LogP contribution in [0.2, 0.25) is 0 Å². The van der Waals surface area contributed by atoms with Crippen LogP contribution in [-0.4, -0.2) is 50.8 Å². The summed E-state index contributed by atoms with van der Waals surface area (Å²) in [6.07, 6.45) is 16.9. The van der Waals surface area contributed by atoms with E-state index in [4.69, 9.17) is 11.6 Å². The van der Waals surface area contributed by atoms with E-state index in [2.05, 4.69) is 28.0 Å². The Kier molecular flexibility index (Phi) is 11.4. The van der Waals surface area contributed by atoms with Crippen molar-refractivity contribution >= 4 is 29.3 Å². The summed E-state index contributed by atoms with van der Waals surface area (Å²) >= 11 is 8.01. The number of halogens is 1. The molecule has 4 rings (SSSR count). The third-order valence-corrected chi connectivity index (χ3v) is 10.9. The SMILES string of the molecule is CC(C)(C)NC(O)C1CCCC=C1C[C@@H](N=O)[C@@H](NC(=O)C1CC=CC(O)C1Cl)SC1=CCC2CCCCC2C1. The van der Waals surface area contributed by atoms with Crippen LogP contribution in [0.3, 0.4) is 0 Å². The fourth-order valence-corrected chi connectivity index (χ4v) is 8.44. The summed E-state index contributed by atoms with van der Waals surface area (Å²) in [5, 5.41) is 30.0. The highest BCUT2D eigenvalue weighted by atomic mass is 35.5. The number of hydrogen-bond donors (Lipinski definition) is 4. The van der Waals surface area contributed by atoms with Gasteiger partial charge in [-0.05, 0) is 95.3 Å². The highest BCUT2D eigenvalue weighted by molar-refractivity contribution is 8.03. The highest BCUT2D eigenvalue weighted by Gasteiger charge is 2.38. The molecule has 7 nitrogen and oxygen atoms in total. The van der Waals surface area contributed by atoms with Gasteiger partial charge >= 0.3 is 0 Å². The summed E-state index contributed by atoms with van der Waals surface area (Å²) in [5.41, 5.74) is 0.772. The van der Waals surface area contributed by atoms with Crippen molar-refractivity contribution in [3.05, 3.63) is 39.7 Å². The zero-order valence-electron chi connectivity index (χ0n) is 24.2. The van der Waals surface area contributed by atoms with Crippen molar-refractivity contribution in [2.24, 2.45) is 28.8 Å². The number of nitroso groups, excluding NO2 is 1. The number of aliphatic hydroxyl groups is 2. The first-order valence-electron chi connectivity index (χ1n) is 15.2. The lowest BCUT2D eigenvalue weighted by molar-refractivity contribution is -0.126. The van der Waals surface area contributed by atoms with Crippen LogP contribution in [-0.2, 0) is 4.79 Å². The van der Waals surface area contributed by atoms with Gasteiger partial charge in [0.25, 0.3) is 0 Å². The Hall–Kier alpha value is -1.19. The molecule has 7 unspecified atom stereocenters. The molecule has 224 valence electrons. The number of fused-ring (bicyclic) bond motifs is 1. The van der Waals surface area contributed by atoms with Gasteiger partial charge in [0, 0.05) is 11.5 Å². The molecule has 0 bridgehead atoms. The van der Waals surface area contributed by atoms with Gasteiger partial charge in [-0.2, -0.15) is 4.91 Å². The van der Waals surface area contributed by atoms with Crippen LogP contribution in [0.4, 0.5) is 0 Å². The Bertz CT molecular complexity index is 980. The largest absolute Gasteiger partial charge is 0.387 e. The van der Waals surface area contributed by atoms with E-state index in [1.165, 1.54) is 30.6 Å². The normalized spacial score (nSPS) is 33.1. The third-order valence-electron chi connectivity index (χ3n) is 9.01. The zero-order chi connectivity index (χ0) is 28.9. The lowest BCUT2D eigenvalue weighted by atomic mass is 9.73. The van der Waals surface area contributed by atoms with Crippen LogP contribution >= 0.6 is 23.4 Å². The topological polar surface area (TPSA) is 111 Å². The minimum absolute atomic E-state index is 0.110. The molecule has 0 aromatic rings. The van der Waals surface area contributed by atoms with Crippen LogP contribution in [0.1, 0.15) is 91.4 Å².